The summed E-state index contributed by atoms with van der Waals surface area (Å²) in [6.07, 6.45) is 2.30. The largest absolute Gasteiger partial charge is 0.374 e. The van der Waals surface area contributed by atoms with E-state index in [2.05, 4.69) is 31.8 Å². The molecule has 4 nitrogen and oxygen atoms in total. The summed E-state index contributed by atoms with van der Waals surface area (Å²) in [7, 11) is 0. The monoisotopic (exact) mass is 359 g/mol. The third-order valence-corrected chi connectivity index (χ3v) is 3.63. The van der Waals surface area contributed by atoms with Crippen molar-refractivity contribution in [3.8, 4) is 0 Å². The van der Waals surface area contributed by atoms with Crippen molar-refractivity contribution in [3.63, 3.8) is 0 Å². The molecule has 0 saturated carbocycles. The molecule has 0 fully saturated rings. The molecule has 0 aromatic heterocycles. The van der Waals surface area contributed by atoms with Gasteiger partial charge in [0.05, 0.1) is 6.21 Å². The zero-order valence-corrected chi connectivity index (χ0v) is 13.9. The lowest BCUT2D eigenvalue weighted by Gasteiger charge is -2.16. The molecule has 1 amide bonds. The Kier molecular flexibility index (Phi) is 6.15. The second-order valence-electron chi connectivity index (χ2n) is 4.76. The summed E-state index contributed by atoms with van der Waals surface area (Å²) >= 11 is 3.39. The number of benzene rings is 2. The minimum Gasteiger partial charge on any atom is -0.374 e. The van der Waals surface area contributed by atoms with Crippen molar-refractivity contribution >= 4 is 33.7 Å². The van der Waals surface area contributed by atoms with Gasteiger partial charge < -0.3 is 5.32 Å². The Labute approximate surface area is 138 Å². The van der Waals surface area contributed by atoms with Gasteiger partial charge in [-0.25, -0.2) is 5.43 Å². The molecule has 5 heteroatoms. The summed E-state index contributed by atoms with van der Waals surface area (Å²) in [5.74, 6) is -0.155. The molecule has 22 heavy (non-hydrogen) atoms. The van der Waals surface area contributed by atoms with Gasteiger partial charge in [0.25, 0.3) is 5.91 Å². The maximum absolute atomic E-state index is 12.1. The van der Waals surface area contributed by atoms with Gasteiger partial charge in [0.2, 0.25) is 0 Å². The lowest BCUT2D eigenvalue weighted by molar-refractivity contribution is -0.121. The fourth-order valence-electron chi connectivity index (χ4n) is 1.89. The molecule has 1 atom stereocenters. The van der Waals surface area contributed by atoms with E-state index in [4.69, 9.17) is 0 Å². The van der Waals surface area contributed by atoms with Crippen molar-refractivity contribution in [3.05, 3.63) is 64.6 Å². The summed E-state index contributed by atoms with van der Waals surface area (Å²) in [6, 6.07) is 17.0. The number of halogens is 1. The van der Waals surface area contributed by atoms with Crippen LogP contribution in [0.4, 0.5) is 5.69 Å². The van der Waals surface area contributed by atoms with E-state index < -0.39 is 0 Å². The van der Waals surface area contributed by atoms with Crippen molar-refractivity contribution in [2.24, 2.45) is 5.10 Å². The SMILES string of the molecule is CCC(Nc1ccc(Br)cc1)C(=O)NN=Cc1ccccc1. The van der Waals surface area contributed by atoms with Crippen molar-refractivity contribution in [2.45, 2.75) is 19.4 Å². The van der Waals surface area contributed by atoms with Crippen LogP contribution in [0.1, 0.15) is 18.9 Å². The van der Waals surface area contributed by atoms with Gasteiger partial charge in [-0.05, 0) is 36.2 Å². The van der Waals surface area contributed by atoms with E-state index in [0.717, 1.165) is 15.7 Å². The van der Waals surface area contributed by atoms with Crippen LogP contribution in [0.15, 0.2) is 64.2 Å². The Morgan fingerprint density at radius 1 is 1.18 bits per heavy atom. The summed E-state index contributed by atoms with van der Waals surface area (Å²) < 4.78 is 1.00. The van der Waals surface area contributed by atoms with Crippen molar-refractivity contribution in [1.29, 1.82) is 0 Å². The molecular formula is C17H18BrN3O. The Balaban J connectivity index is 1.91. The molecule has 2 aromatic carbocycles. The first-order chi connectivity index (χ1) is 10.7. The van der Waals surface area contributed by atoms with Gasteiger partial charge in [-0.1, -0.05) is 53.2 Å². The van der Waals surface area contributed by atoms with Gasteiger partial charge in [0, 0.05) is 10.2 Å². The van der Waals surface area contributed by atoms with E-state index in [9.17, 15) is 4.79 Å². The quantitative estimate of drug-likeness (QED) is 0.608. The molecular weight excluding hydrogens is 342 g/mol. The number of hydrogen-bond donors (Lipinski definition) is 2. The molecule has 0 aliphatic heterocycles. The van der Waals surface area contributed by atoms with Gasteiger partial charge in [-0.3, -0.25) is 4.79 Å². The smallest absolute Gasteiger partial charge is 0.262 e. The molecule has 0 spiro atoms. The molecule has 1 unspecified atom stereocenters. The predicted octanol–water partition coefficient (Wildman–Crippen LogP) is 3.79. The number of nitrogens with one attached hydrogen (secondary N) is 2. The fourth-order valence-corrected chi connectivity index (χ4v) is 2.15. The van der Waals surface area contributed by atoms with Crippen LogP contribution in [-0.4, -0.2) is 18.2 Å². The highest BCUT2D eigenvalue weighted by Gasteiger charge is 2.15. The zero-order chi connectivity index (χ0) is 15.8. The van der Waals surface area contributed by atoms with Crippen LogP contribution in [0.25, 0.3) is 0 Å². The van der Waals surface area contributed by atoms with E-state index in [1.807, 2.05) is 61.5 Å². The molecule has 2 N–H and O–H groups in total. The van der Waals surface area contributed by atoms with Crippen LogP contribution in [0.5, 0.6) is 0 Å². The predicted molar refractivity (Wildman–Crippen MR) is 94.0 cm³/mol. The minimum absolute atomic E-state index is 0.155. The lowest BCUT2D eigenvalue weighted by atomic mass is 10.2. The molecule has 0 radical (unpaired) electrons. The Hall–Kier alpha value is -2.14. The van der Waals surface area contributed by atoms with E-state index in [1.165, 1.54) is 0 Å². The number of nitrogens with zero attached hydrogens (tertiary/aromatic N) is 1. The highest BCUT2D eigenvalue weighted by molar-refractivity contribution is 9.10. The number of hydrogen-bond acceptors (Lipinski definition) is 3. The average molecular weight is 360 g/mol. The second-order valence-corrected chi connectivity index (χ2v) is 5.67. The maximum atomic E-state index is 12.1. The van der Waals surface area contributed by atoms with E-state index in [-0.39, 0.29) is 11.9 Å². The van der Waals surface area contributed by atoms with Crippen LogP contribution in [-0.2, 0) is 4.79 Å². The third-order valence-electron chi connectivity index (χ3n) is 3.10. The van der Waals surface area contributed by atoms with Crippen molar-refractivity contribution < 1.29 is 4.79 Å². The highest BCUT2D eigenvalue weighted by Crippen LogP contribution is 2.15. The first kappa shape index (κ1) is 16.2. The first-order valence-electron chi connectivity index (χ1n) is 7.09. The van der Waals surface area contributed by atoms with Crippen LogP contribution in [0.2, 0.25) is 0 Å². The van der Waals surface area contributed by atoms with Gasteiger partial charge in [0.15, 0.2) is 0 Å². The zero-order valence-electron chi connectivity index (χ0n) is 12.3. The van der Waals surface area contributed by atoms with Gasteiger partial charge in [0.1, 0.15) is 6.04 Å². The van der Waals surface area contributed by atoms with E-state index in [0.29, 0.717) is 6.42 Å². The van der Waals surface area contributed by atoms with Gasteiger partial charge in [-0.2, -0.15) is 5.10 Å². The van der Waals surface area contributed by atoms with Crippen LogP contribution in [0, 0.1) is 0 Å². The standard InChI is InChI=1S/C17H18BrN3O/c1-2-16(20-15-10-8-14(18)9-11-15)17(22)21-19-12-13-6-4-3-5-7-13/h3-12,16,20H,2H2,1H3,(H,21,22). The van der Waals surface area contributed by atoms with Crippen LogP contribution < -0.4 is 10.7 Å². The number of amides is 1. The summed E-state index contributed by atoms with van der Waals surface area (Å²) in [5.41, 5.74) is 4.41. The molecule has 0 aliphatic carbocycles. The molecule has 0 heterocycles. The lowest BCUT2D eigenvalue weighted by Crippen LogP contribution is -2.36. The molecule has 2 rings (SSSR count). The third kappa shape index (κ3) is 5.00. The number of anilines is 1. The van der Waals surface area contributed by atoms with Gasteiger partial charge in [-0.15, -0.1) is 0 Å². The summed E-state index contributed by atoms with van der Waals surface area (Å²) in [4.78, 5) is 12.1. The number of rotatable bonds is 6. The Morgan fingerprint density at radius 3 is 2.50 bits per heavy atom. The minimum atomic E-state index is -0.325. The molecule has 0 aliphatic rings. The Morgan fingerprint density at radius 2 is 1.86 bits per heavy atom. The average Bonchev–Trinajstić information content (AvgIpc) is 2.55. The van der Waals surface area contributed by atoms with Crippen molar-refractivity contribution in [1.82, 2.24) is 5.43 Å². The fraction of sp³-hybridized carbons (Fsp3) is 0.176. The van der Waals surface area contributed by atoms with E-state index in [1.54, 1.807) is 6.21 Å². The maximum Gasteiger partial charge on any atom is 0.262 e. The van der Waals surface area contributed by atoms with Gasteiger partial charge >= 0.3 is 0 Å². The van der Waals surface area contributed by atoms with Crippen molar-refractivity contribution in [2.75, 3.05) is 5.32 Å². The van der Waals surface area contributed by atoms with Crippen LogP contribution >= 0.6 is 15.9 Å². The molecule has 0 saturated heterocycles. The summed E-state index contributed by atoms with van der Waals surface area (Å²) in [5, 5.41) is 7.19. The molecule has 0 bridgehead atoms. The normalized spacial score (nSPS) is 12.1. The number of carbonyl (C=O) groups is 1. The molecule has 2 aromatic rings. The van der Waals surface area contributed by atoms with Crippen LogP contribution in [0.3, 0.4) is 0 Å². The molecule has 114 valence electrons. The topological polar surface area (TPSA) is 53.5 Å². The summed E-state index contributed by atoms with van der Waals surface area (Å²) in [6.45, 7) is 1.96. The number of hydrazone groups is 1. The number of carbonyl (C=O) groups excluding carboxylic acids is 1. The first-order valence-corrected chi connectivity index (χ1v) is 7.88. The highest BCUT2D eigenvalue weighted by atomic mass is 79.9. The Bertz CT molecular complexity index is 626. The second kappa shape index (κ2) is 8.34. The van der Waals surface area contributed by atoms with E-state index >= 15 is 0 Å².